The minimum absolute atomic E-state index is 0. The summed E-state index contributed by atoms with van der Waals surface area (Å²) in [6, 6.07) is 18.1. The Balaban J connectivity index is -0.0000000339. The van der Waals surface area contributed by atoms with E-state index >= 15 is 0 Å². The van der Waals surface area contributed by atoms with Crippen LogP contribution in [0.3, 0.4) is 0 Å². The molecule has 35 heavy (non-hydrogen) atoms. The first kappa shape index (κ1) is 58.6. The highest BCUT2D eigenvalue weighted by molar-refractivity contribution is 7.85. The van der Waals surface area contributed by atoms with Crippen molar-refractivity contribution in [1.29, 1.82) is 0 Å². The lowest BCUT2D eigenvalue weighted by Gasteiger charge is -1.87. The zero-order chi connectivity index (χ0) is 25.6. The van der Waals surface area contributed by atoms with Crippen molar-refractivity contribution in [2.75, 3.05) is 27.0 Å². The van der Waals surface area contributed by atoms with Gasteiger partial charge in [-0.05, 0) is 18.1 Å². The lowest BCUT2D eigenvalue weighted by Crippen LogP contribution is -1.88. The zero-order valence-electron chi connectivity index (χ0n) is 18.5. The second-order valence-corrected chi connectivity index (χ2v) is 5.81. The van der Waals surface area contributed by atoms with Crippen molar-refractivity contribution in [1.82, 2.24) is 0 Å². The Labute approximate surface area is 212 Å². The van der Waals surface area contributed by atoms with Crippen LogP contribution in [0.1, 0.15) is 61.6 Å². The van der Waals surface area contributed by atoms with Gasteiger partial charge in [0.1, 0.15) is 13.3 Å². The highest BCUT2D eigenvalue weighted by Crippen LogP contribution is 1.99. The fourth-order valence-corrected chi connectivity index (χ4v) is 1.13. The normalized spacial score (nSPS) is 7.20. The molecule has 2 aromatic rings. The van der Waals surface area contributed by atoms with Crippen LogP contribution in [0.4, 0.5) is 26.3 Å². The van der Waals surface area contributed by atoms with Crippen molar-refractivity contribution in [3.05, 3.63) is 71.8 Å². The molecule has 10 heteroatoms. The van der Waals surface area contributed by atoms with Crippen LogP contribution in [0.25, 0.3) is 0 Å². The molecule has 0 heterocycles. The number of rotatable bonds is 2. The molecule has 0 radical (unpaired) electrons. The maximum atomic E-state index is 11.7. The Morgan fingerprint density at radius 3 is 0.886 bits per heavy atom. The largest absolute Gasteiger partial charge is 0.286 e. The molecule has 2 aromatic carbocycles. The van der Waals surface area contributed by atoms with Gasteiger partial charge in [-0.2, -0.15) is 8.42 Å². The number of hydrogen-bond donors (Lipinski definition) is 1. The maximum Gasteiger partial charge on any atom is 0.261 e. The van der Waals surface area contributed by atoms with Crippen molar-refractivity contribution >= 4 is 10.1 Å². The first-order valence-corrected chi connectivity index (χ1v) is 10.7. The quantitative estimate of drug-likeness (QED) is 0.302. The standard InChI is InChI=1S/2C7H7F.C2H5F.C2H6.CH2F2.CH3F.CH4O3S.4CH4/c2*8-6-7-4-2-1-3-5-7;1-2-3;1-2;2-1-3;1-2;1-5(2,3)4;;;;/h2*1-5H,6H2;2H2,1H3;1-2H3;1H2;1H3;1H3,(H,2,3,4);4*1H4. The first-order valence-electron chi connectivity index (χ1n) is 8.87. The molecule has 0 bridgehead atoms. The lowest BCUT2D eigenvalue weighted by molar-refractivity contribution is 0.295. The van der Waals surface area contributed by atoms with Gasteiger partial charge in [-0.15, -0.1) is 0 Å². The van der Waals surface area contributed by atoms with Crippen LogP contribution in [0, 0.1) is 0 Å². The topological polar surface area (TPSA) is 54.4 Å². The summed E-state index contributed by atoms with van der Waals surface area (Å²) in [5.74, 6) is 0. The molecule has 0 aliphatic heterocycles. The average Bonchev–Trinajstić information content (AvgIpc) is 2.78. The molecular weight excluding hydrogens is 494 g/mol. The molecule has 0 aliphatic rings. The molecule has 2 rings (SSSR count). The minimum atomic E-state index is -3.67. The molecule has 0 fully saturated rings. The smallest absolute Gasteiger partial charge is 0.261 e. The van der Waals surface area contributed by atoms with Crippen LogP contribution < -0.4 is 0 Å². The summed E-state index contributed by atoms with van der Waals surface area (Å²) >= 11 is 0. The van der Waals surface area contributed by atoms with E-state index in [2.05, 4.69) is 0 Å². The monoisotopic (exact) mass is 544 g/mol. The van der Waals surface area contributed by atoms with E-state index in [-0.39, 0.29) is 49.7 Å². The molecular formula is C25H50F6O3S. The molecule has 0 saturated heterocycles. The van der Waals surface area contributed by atoms with Crippen molar-refractivity contribution in [2.45, 2.75) is 63.8 Å². The molecule has 0 spiro atoms. The van der Waals surface area contributed by atoms with Gasteiger partial charge in [-0.25, -0.2) is 17.6 Å². The van der Waals surface area contributed by atoms with Crippen molar-refractivity contribution in [3.8, 4) is 0 Å². The summed E-state index contributed by atoms with van der Waals surface area (Å²) < 4.78 is 88.4. The molecule has 0 amide bonds. The van der Waals surface area contributed by atoms with E-state index in [1.54, 1.807) is 24.3 Å². The number of hydrogen-bond acceptors (Lipinski definition) is 2. The minimum Gasteiger partial charge on any atom is -0.286 e. The van der Waals surface area contributed by atoms with Crippen molar-refractivity contribution in [2.24, 2.45) is 0 Å². The molecule has 0 aromatic heterocycles. The highest BCUT2D eigenvalue weighted by Gasteiger charge is 1.83. The molecule has 0 aliphatic carbocycles. The summed E-state index contributed by atoms with van der Waals surface area (Å²) in [5, 5.41) is 0. The predicted octanol–water partition coefficient (Wildman–Crippen LogP) is 9.83. The number of halogens is 6. The SMILES string of the molecule is C.C.C.C.CC.CCF.CF.CS(=O)(=O)O.FCF.FCc1ccccc1.FCc1ccccc1. The Kier molecular flexibility index (Phi) is 89.4. The third-order valence-corrected chi connectivity index (χ3v) is 1.99. The van der Waals surface area contributed by atoms with Crippen LogP contribution in [-0.2, 0) is 23.5 Å². The molecule has 1 N–H and O–H groups in total. The summed E-state index contributed by atoms with van der Waals surface area (Å²) in [5.41, 5.74) is 1.49. The van der Waals surface area contributed by atoms with Gasteiger partial charge in [0.2, 0.25) is 6.93 Å². The van der Waals surface area contributed by atoms with Crippen LogP contribution >= 0.6 is 0 Å². The van der Waals surface area contributed by atoms with Gasteiger partial charge in [0.05, 0.1) is 20.1 Å². The Bertz CT molecular complexity index is 568. The van der Waals surface area contributed by atoms with Crippen LogP contribution in [0.15, 0.2) is 60.7 Å². The van der Waals surface area contributed by atoms with Gasteiger partial charge >= 0.3 is 0 Å². The molecule has 3 nitrogen and oxygen atoms in total. The van der Waals surface area contributed by atoms with E-state index in [9.17, 15) is 34.8 Å². The van der Waals surface area contributed by atoms with Crippen LogP contribution in [-0.4, -0.2) is 40.0 Å². The van der Waals surface area contributed by atoms with E-state index < -0.39 is 17.0 Å². The average molecular weight is 545 g/mol. The van der Waals surface area contributed by atoms with Crippen molar-refractivity contribution in [3.63, 3.8) is 0 Å². The van der Waals surface area contributed by atoms with Gasteiger partial charge in [-0.1, -0.05) is 104 Å². The summed E-state index contributed by atoms with van der Waals surface area (Å²) in [4.78, 5) is 0. The first-order chi connectivity index (χ1) is 14.7. The maximum absolute atomic E-state index is 11.7. The van der Waals surface area contributed by atoms with E-state index in [4.69, 9.17) is 4.55 Å². The highest BCUT2D eigenvalue weighted by atomic mass is 32.2. The fraction of sp³-hybridized carbons (Fsp3) is 0.520. The van der Waals surface area contributed by atoms with Crippen LogP contribution in [0.5, 0.6) is 0 Å². The van der Waals surface area contributed by atoms with E-state index in [1.807, 2.05) is 50.2 Å². The summed E-state index contributed by atoms with van der Waals surface area (Å²) in [6.45, 7) is 2.74. The molecule has 216 valence electrons. The summed E-state index contributed by atoms with van der Waals surface area (Å²) in [6.07, 6.45) is 0.715. The van der Waals surface area contributed by atoms with E-state index in [1.165, 1.54) is 6.92 Å². The van der Waals surface area contributed by atoms with Gasteiger partial charge in [0, 0.05) is 0 Å². The zero-order valence-corrected chi connectivity index (χ0v) is 19.4. The molecule has 0 atom stereocenters. The number of benzene rings is 2. The predicted molar refractivity (Wildman–Crippen MR) is 144 cm³/mol. The van der Waals surface area contributed by atoms with Crippen molar-refractivity contribution < 1.29 is 39.3 Å². The Morgan fingerprint density at radius 1 is 0.657 bits per heavy atom. The lowest BCUT2D eigenvalue weighted by atomic mass is 10.2. The second-order valence-electron chi connectivity index (χ2n) is 4.34. The fourth-order valence-electron chi connectivity index (χ4n) is 1.13. The van der Waals surface area contributed by atoms with E-state index in [0.717, 1.165) is 11.1 Å². The number of alkyl halides is 6. The second kappa shape index (κ2) is 53.3. The molecule has 0 saturated carbocycles. The third-order valence-electron chi connectivity index (χ3n) is 1.99. The van der Waals surface area contributed by atoms with Gasteiger partial charge in [0.25, 0.3) is 10.1 Å². The van der Waals surface area contributed by atoms with Gasteiger partial charge in [-0.3, -0.25) is 13.3 Å². The Morgan fingerprint density at radius 2 is 0.800 bits per heavy atom. The van der Waals surface area contributed by atoms with E-state index in [0.29, 0.717) is 13.4 Å². The van der Waals surface area contributed by atoms with Crippen LogP contribution in [0.2, 0.25) is 0 Å². The van der Waals surface area contributed by atoms with Gasteiger partial charge in [0.15, 0.2) is 0 Å². The molecule has 0 unspecified atom stereocenters. The summed E-state index contributed by atoms with van der Waals surface area (Å²) in [7, 11) is -3.17. The van der Waals surface area contributed by atoms with Gasteiger partial charge < -0.3 is 0 Å². The Hall–Kier alpha value is -2.07. The third kappa shape index (κ3) is 89.0.